The lowest BCUT2D eigenvalue weighted by molar-refractivity contribution is 0.161. The Morgan fingerprint density at radius 1 is 1.18 bits per heavy atom. The molecule has 2 aliphatic rings. The summed E-state index contributed by atoms with van der Waals surface area (Å²) in [5, 5.41) is 0.728. The lowest BCUT2D eigenvalue weighted by Gasteiger charge is -2.32. The summed E-state index contributed by atoms with van der Waals surface area (Å²) >= 11 is 6.29. The summed E-state index contributed by atoms with van der Waals surface area (Å²) in [7, 11) is 0. The van der Waals surface area contributed by atoms with Gasteiger partial charge in [-0.2, -0.15) is 0 Å². The fourth-order valence-corrected chi connectivity index (χ4v) is 3.97. The molecule has 0 bridgehead atoms. The van der Waals surface area contributed by atoms with Crippen LogP contribution in [0.2, 0.25) is 5.02 Å². The molecule has 0 amide bonds. The van der Waals surface area contributed by atoms with Gasteiger partial charge in [-0.05, 0) is 57.0 Å². The summed E-state index contributed by atoms with van der Waals surface area (Å²) in [5.74, 6) is 0.792. The average Bonchev–Trinajstić information content (AvgIpc) is 3.00. The van der Waals surface area contributed by atoms with Crippen LogP contribution in [0.4, 0.5) is 0 Å². The van der Waals surface area contributed by atoms with Crippen LogP contribution in [-0.4, -0.2) is 48.6 Å². The molecule has 3 nitrogen and oxygen atoms in total. The predicted octanol–water partition coefficient (Wildman–Crippen LogP) is 3.80. The number of halogens is 1. The van der Waals surface area contributed by atoms with Crippen molar-refractivity contribution in [2.24, 2.45) is 0 Å². The minimum Gasteiger partial charge on any atom is -0.492 e. The molecule has 3 rings (SSSR count). The van der Waals surface area contributed by atoms with Crippen LogP contribution in [0.15, 0.2) is 18.2 Å². The number of rotatable bonds is 5. The third kappa shape index (κ3) is 3.95. The number of ether oxygens (including phenoxy) is 1. The molecule has 0 N–H and O–H groups in total. The van der Waals surface area contributed by atoms with Crippen molar-refractivity contribution >= 4 is 11.6 Å². The molecule has 2 heterocycles. The summed E-state index contributed by atoms with van der Waals surface area (Å²) in [6.07, 6.45) is 5.48. The molecule has 0 saturated carbocycles. The number of hydrogen-bond donors (Lipinski definition) is 0. The van der Waals surface area contributed by atoms with Gasteiger partial charge in [-0.1, -0.05) is 24.1 Å². The quantitative estimate of drug-likeness (QED) is 0.820. The summed E-state index contributed by atoms with van der Waals surface area (Å²) < 4.78 is 5.51. The van der Waals surface area contributed by atoms with Gasteiger partial charge in [0.2, 0.25) is 0 Å². The van der Waals surface area contributed by atoms with Crippen molar-refractivity contribution in [3.63, 3.8) is 0 Å². The van der Waals surface area contributed by atoms with E-state index in [1.165, 1.54) is 57.4 Å². The Morgan fingerprint density at radius 3 is 2.73 bits per heavy atom. The number of likely N-dealkylation sites (tertiary alicyclic amines) is 2. The molecule has 1 atom stereocenters. The SMILES string of the molecule is CCOc1ccc(CN2CC[C@H](N3CCCCC3)C2)cc1Cl. The predicted molar refractivity (Wildman–Crippen MR) is 91.7 cm³/mol. The van der Waals surface area contributed by atoms with Crippen molar-refractivity contribution in [2.45, 2.75) is 45.2 Å². The van der Waals surface area contributed by atoms with Crippen LogP contribution in [0.3, 0.4) is 0 Å². The Hall–Kier alpha value is -0.770. The van der Waals surface area contributed by atoms with Crippen molar-refractivity contribution < 1.29 is 4.74 Å². The fraction of sp³-hybridized carbons (Fsp3) is 0.667. The van der Waals surface area contributed by atoms with Gasteiger partial charge in [0.15, 0.2) is 0 Å². The fourth-order valence-electron chi connectivity index (χ4n) is 3.71. The Labute approximate surface area is 139 Å². The van der Waals surface area contributed by atoms with Crippen molar-refractivity contribution in [2.75, 3.05) is 32.8 Å². The first-order chi connectivity index (χ1) is 10.8. The van der Waals surface area contributed by atoms with Gasteiger partial charge in [-0.3, -0.25) is 9.80 Å². The average molecular weight is 323 g/mol. The van der Waals surface area contributed by atoms with Crippen LogP contribution in [0.25, 0.3) is 0 Å². The van der Waals surface area contributed by atoms with Gasteiger partial charge < -0.3 is 4.74 Å². The van der Waals surface area contributed by atoms with E-state index in [1.807, 2.05) is 13.0 Å². The van der Waals surface area contributed by atoms with Crippen molar-refractivity contribution in [1.82, 2.24) is 9.80 Å². The third-order valence-corrected chi connectivity index (χ3v) is 5.15. The van der Waals surface area contributed by atoms with Gasteiger partial charge in [-0.25, -0.2) is 0 Å². The van der Waals surface area contributed by atoms with Crippen LogP contribution < -0.4 is 4.74 Å². The second-order valence-electron chi connectivity index (χ2n) is 6.47. The first kappa shape index (κ1) is 16.1. The maximum absolute atomic E-state index is 6.29. The molecule has 22 heavy (non-hydrogen) atoms. The topological polar surface area (TPSA) is 15.7 Å². The Kier molecular flexibility index (Phi) is 5.61. The summed E-state index contributed by atoms with van der Waals surface area (Å²) in [6, 6.07) is 6.96. The largest absolute Gasteiger partial charge is 0.492 e. The molecule has 0 spiro atoms. The van der Waals surface area contributed by atoms with E-state index in [-0.39, 0.29) is 0 Å². The molecule has 1 aromatic carbocycles. The van der Waals surface area contributed by atoms with Gasteiger partial charge in [0.05, 0.1) is 11.6 Å². The van der Waals surface area contributed by atoms with Crippen LogP contribution >= 0.6 is 11.6 Å². The third-order valence-electron chi connectivity index (χ3n) is 4.86. The lowest BCUT2D eigenvalue weighted by atomic mass is 10.1. The van der Waals surface area contributed by atoms with E-state index in [0.29, 0.717) is 6.61 Å². The zero-order valence-corrected chi connectivity index (χ0v) is 14.3. The minimum absolute atomic E-state index is 0.655. The van der Waals surface area contributed by atoms with Crippen LogP contribution in [0.5, 0.6) is 5.75 Å². The van der Waals surface area contributed by atoms with Gasteiger partial charge in [-0.15, -0.1) is 0 Å². The maximum atomic E-state index is 6.29. The molecule has 0 radical (unpaired) electrons. The zero-order chi connectivity index (χ0) is 15.4. The Balaban J connectivity index is 1.54. The molecule has 0 aliphatic carbocycles. The first-order valence-corrected chi connectivity index (χ1v) is 9.01. The lowest BCUT2D eigenvalue weighted by Crippen LogP contribution is -2.40. The van der Waals surface area contributed by atoms with E-state index in [4.69, 9.17) is 16.3 Å². The Morgan fingerprint density at radius 2 is 2.00 bits per heavy atom. The minimum atomic E-state index is 0.655. The van der Waals surface area contributed by atoms with E-state index in [1.54, 1.807) is 0 Å². The van der Waals surface area contributed by atoms with E-state index in [9.17, 15) is 0 Å². The van der Waals surface area contributed by atoms with Gasteiger partial charge in [0.25, 0.3) is 0 Å². The maximum Gasteiger partial charge on any atom is 0.137 e. The molecular weight excluding hydrogens is 296 g/mol. The molecule has 2 aliphatic heterocycles. The van der Waals surface area contributed by atoms with Crippen molar-refractivity contribution in [3.05, 3.63) is 28.8 Å². The smallest absolute Gasteiger partial charge is 0.137 e. The number of hydrogen-bond acceptors (Lipinski definition) is 3. The monoisotopic (exact) mass is 322 g/mol. The summed E-state index contributed by atoms with van der Waals surface area (Å²) in [6.45, 7) is 8.63. The van der Waals surface area contributed by atoms with Gasteiger partial charge >= 0.3 is 0 Å². The van der Waals surface area contributed by atoms with E-state index < -0.39 is 0 Å². The summed E-state index contributed by atoms with van der Waals surface area (Å²) in [4.78, 5) is 5.26. The van der Waals surface area contributed by atoms with Crippen molar-refractivity contribution in [3.8, 4) is 5.75 Å². The van der Waals surface area contributed by atoms with Crippen LogP contribution in [-0.2, 0) is 6.54 Å². The first-order valence-electron chi connectivity index (χ1n) is 8.64. The number of piperidine rings is 1. The second-order valence-corrected chi connectivity index (χ2v) is 6.88. The standard InChI is InChI=1S/C18H27ClN2O/c1-2-22-18-7-6-15(12-17(18)19)13-20-11-8-16(14-20)21-9-4-3-5-10-21/h6-7,12,16H,2-5,8-11,13-14H2,1H3/t16-/m0/s1. The Bertz CT molecular complexity index is 488. The normalized spacial score (nSPS) is 23.8. The van der Waals surface area contributed by atoms with Crippen LogP contribution in [0, 0.1) is 0 Å². The zero-order valence-electron chi connectivity index (χ0n) is 13.6. The summed E-state index contributed by atoms with van der Waals surface area (Å²) in [5.41, 5.74) is 1.28. The number of nitrogens with zero attached hydrogens (tertiary/aromatic N) is 2. The highest BCUT2D eigenvalue weighted by molar-refractivity contribution is 6.32. The molecule has 0 unspecified atom stereocenters. The van der Waals surface area contributed by atoms with E-state index in [2.05, 4.69) is 21.9 Å². The highest BCUT2D eigenvalue weighted by atomic mass is 35.5. The van der Waals surface area contributed by atoms with Gasteiger partial charge in [0, 0.05) is 25.7 Å². The van der Waals surface area contributed by atoms with E-state index >= 15 is 0 Å². The number of benzene rings is 1. The molecule has 2 saturated heterocycles. The molecule has 2 fully saturated rings. The molecule has 122 valence electrons. The van der Waals surface area contributed by atoms with Crippen molar-refractivity contribution in [1.29, 1.82) is 0 Å². The van der Waals surface area contributed by atoms with Gasteiger partial charge in [0.1, 0.15) is 5.75 Å². The highest BCUT2D eigenvalue weighted by Gasteiger charge is 2.28. The van der Waals surface area contributed by atoms with Crippen LogP contribution in [0.1, 0.15) is 38.2 Å². The molecule has 4 heteroatoms. The second kappa shape index (κ2) is 7.67. The highest BCUT2D eigenvalue weighted by Crippen LogP contribution is 2.27. The van der Waals surface area contributed by atoms with E-state index in [0.717, 1.165) is 23.4 Å². The molecule has 1 aromatic rings. The molecular formula is C18H27ClN2O. The molecule has 0 aromatic heterocycles.